The number of hydrogen-bond acceptors (Lipinski definition) is 5. The summed E-state index contributed by atoms with van der Waals surface area (Å²) in [6.07, 6.45) is -0.325. The number of carbonyl (C=O) groups excluding carboxylic acids is 2. The zero-order valence-corrected chi connectivity index (χ0v) is 11.6. The molecular weight excluding hydrogens is 274 g/mol. The lowest BCUT2D eigenvalue weighted by Crippen LogP contribution is -2.54. The summed E-state index contributed by atoms with van der Waals surface area (Å²) < 4.78 is 0. The predicted molar refractivity (Wildman–Crippen MR) is 68.8 cm³/mol. The number of hydrogen-bond donors (Lipinski definition) is 3. The highest BCUT2D eigenvalue weighted by Gasteiger charge is 2.35. The van der Waals surface area contributed by atoms with Crippen molar-refractivity contribution in [2.24, 2.45) is 0 Å². The van der Waals surface area contributed by atoms with Gasteiger partial charge >= 0.3 is 11.9 Å². The molecule has 0 fully saturated rings. The summed E-state index contributed by atoms with van der Waals surface area (Å²) in [7, 11) is 0. The maximum absolute atomic E-state index is 11.4. The number of amides is 1. The molecule has 108 valence electrons. The zero-order valence-electron chi connectivity index (χ0n) is 10.8. The Morgan fingerprint density at radius 1 is 1.16 bits per heavy atom. The largest absolute Gasteiger partial charge is 0.481 e. The van der Waals surface area contributed by atoms with Gasteiger partial charge in [0.15, 0.2) is 5.12 Å². The van der Waals surface area contributed by atoms with E-state index in [0.29, 0.717) is 11.8 Å². The van der Waals surface area contributed by atoms with Crippen LogP contribution in [0.25, 0.3) is 0 Å². The minimum Gasteiger partial charge on any atom is -0.481 e. The van der Waals surface area contributed by atoms with Crippen molar-refractivity contribution in [3.63, 3.8) is 0 Å². The van der Waals surface area contributed by atoms with Crippen LogP contribution >= 0.6 is 11.8 Å². The molecule has 0 aliphatic heterocycles. The SMILES string of the molecule is CCC(=O)NC(C)(CSC(=O)CCC(=O)O)C(=O)O. The Labute approximate surface area is 114 Å². The third-order valence-electron chi connectivity index (χ3n) is 2.27. The van der Waals surface area contributed by atoms with E-state index in [1.807, 2.05) is 0 Å². The van der Waals surface area contributed by atoms with Crippen LogP contribution in [0.15, 0.2) is 0 Å². The lowest BCUT2D eigenvalue weighted by atomic mass is 10.1. The van der Waals surface area contributed by atoms with E-state index in [1.54, 1.807) is 6.92 Å². The van der Waals surface area contributed by atoms with Crippen LogP contribution in [0.4, 0.5) is 0 Å². The number of carboxylic acid groups (broad SMARTS) is 2. The summed E-state index contributed by atoms with van der Waals surface area (Å²) in [5.41, 5.74) is -1.54. The van der Waals surface area contributed by atoms with Gasteiger partial charge in [0.1, 0.15) is 5.54 Å². The van der Waals surface area contributed by atoms with E-state index in [0.717, 1.165) is 0 Å². The standard InChI is InChI=1S/C11H17NO6S/c1-3-7(13)12-11(2,10(17)18)6-19-9(16)5-4-8(14)15/h3-6H2,1-2H3,(H,12,13)(H,14,15)(H,17,18). The van der Waals surface area contributed by atoms with Crippen molar-refractivity contribution in [1.82, 2.24) is 5.32 Å². The molecule has 0 heterocycles. The molecule has 1 atom stereocenters. The van der Waals surface area contributed by atoms with Crippen LogP contribution in [0.1, 0.15) is 33.1 Å². The second-order valence-corrected chi connectivity index (χ2v) is 5.13. The van der Waals surface area contributed by atoms with Crippen molar-refractivity contribution in [3.05, 3.63) is 0 Å². The van der Waals surface area contributed by atoms with Crippen LogP contribution in [-0.2, 0) is 19.2 Å². The fraction of sp³-hybridized carbons (Fsp3) is 0.636. The monoisotopic (exact) mass is 291 g/mol. The second kappa shape index (κ2) is 7.78. The van der Waals surface area contributed by atoms with Gasteiger partial charge in [-0.1, -0.05) is 18.7 Å². The third-order valence-corrected chi connectivity index (χ3v) is 3.52. The first-order chi connectivity index (χ1) is 8.71. The van der Waals surface area contributed by atoms with Gasteiger partial charge in [0, 0.05) is 18.6 Å². The minimum atomic E-state index is -1.54. The van der Waals surface area contributed by atoms with E-state index >= 15 is 0 Å². The Hall–Kier alpha value is -1.57. The van der Waals surface area contributed by atoms with Crippen LogP contribution in [0.3, 0.4) is 0 Å². The highest BCUT2D eigenvalue weighted by atomic mass is 32.2. The molecule has 0 aromatic carbocycles. The number of carboxylic acids is 2. The van der Waals surface area contributed by atoms with Gasteiger partial charge in [-0.05, 0) is 6.92 Å². The molecule has 0 saturated carbocycles. The summed E-state index contributed by atoms with van der Waals surface area (Å²) in [6.45, 7) is 2.89. The first kappa shape index (κ1) is 17.4. The van der Waals surface area contributed by atoms with Crippen molar-refractivity contribution in [2.75, 3.05) is 5.75 Å². The van der Waals surface area contributed by atoms with Crippen LogP contribution < -0.4 is 5.32 Å². The number of thioether (sulfide) groups is 1. The molecule has 0 aliphatic carbocycles. The lowest BCUT2D eigenvalue weighted by molar-refractivity contribution is -0.145. The van der Waals surface area contributed by atoms with Gasteiger partial charge in [0.05, 0.1) is 6.42 Å². The van der Waals surface area contributed by atoms with Gasteiger partial charge in [-0.15, -0.1) is 0 Å². The van der Waals surface area contributed by atoms with Gasteiger partial charge in [-0.2, -0.15) is 0 Å². The van der Waals surface area contributed by atoms with E-state index in [4.69, 9.17) is 10.2 Å². The van der Waals surface area contributed by atoms with Crippen molar-refractivity contribution in [2.45, 2.75) is 38.6 Å². The molecule has 0 radical (unpaired) electrons. The van der Waals surface area contributed by atoms with Gasteiger partial charge in [-0.3, -0.25) is 14.4 Å². The minimum absolute atomic E-state index is 0.139. The summed E-state index contributed by atoms with van der Waals surface area (Å²) >= 11 is 0.708. The van der Waals surface area contributed by atoms with Gasteiger partial charge < -0.3 is 15.5 Å². The maximum Gasteiger partial charge on any atom is 0.330 e. The third kappa shape index (κ3) is 6.80. The molecule has 0 saturated heterocycles. The normalized spacial score (nSPS) is 13.4. The van der Waals surface area contributed by atoms with Crippen molar-refractivity contribution >= 4 is 34.7 Å². The van der Waals surface area contributed by atoms with Crippen molar-refractivity contribution in [3.8, 4) is 0 Å². The van der Waals surface area contributed by atoms with E-state index in [1.165, 1.54) is 6.92 Å². The van der Waals surface area contributed by atoms with Crippen LogP contribution in [0.2, 0.25) is 0 Å². The molecule has 8 heteroatoms. The average Bonchev–Trinajstić information content (AvgIpc) is 2.33. The molecule has 3 N–H and O–H groups in total. The molecule has 0 spiro atoms. The number of carbonyl (C=O) groups is 4. The Kier molecular flexibility index (Phi) is 7.13. The molecule has 0 aromatic rings. The molecule has 0 rings (SSSR count). The Morgan fingerprint density at radius 3 is 2.16 bits per heavy atom. The zero-order chi connectivity index (χ0) is 15.1. The summed E-state index contributed by atoms with van der Waals surface area (Å²) in [4.78, 5) is 44.0. The van der Waals surface area contributed by atoms with Crippen LogP contribution in [0.5, 0.6) is 0 Å². The van der Waals surface area contributed by atoms with E-state index in [2.05, 4.69) is 5.32 Å². The summed E-state index contributed by atoms with van der Waals surface area (Å²) in [6, 6.07) is 0. The van der Waals surface area contributed by atoms with E-state index in [-0.39, 0.29) is 25.0 Å². The highest BCUT2D eigenvalue weighted by molar-refractivity contribution is 8.13. The molecule has 0 aliphatic rings. The molecule has 7 nitrogen and oxygen atoms in total. The Balaban J connectivity index is 4.43. The molecule has 19 heavy (non-hydrogen) atoms. The molecule has 0 bridgehead atoms. The van der Waals surface area contributed by atoms with Crippen LogP contribution in [0, 0.1) is 0 Å². The smallest absolute Gasteiger partial charge is 0.330 e. The first-order valence-corrected chi connectivity index (χ1v) is 6.61. The Bertz CT molecular complexity index is 383. The molecule has 1 unspecified atom stereocenters. The van der Waals surface area contributed by atoms with E-state index < -0.39 is 28.5 Å². The highest BCUT2D eigenvalue weighted by Crippen LogP contribution is 2.17. The molecule has 1 amide bonds. The maximum atomic E-state index is 11.4. The fourth-order valence-electron chi connectivity index (χ4n) is 1.05. The summed E-state index contributed by atoms with van der Waals surface area (Å²) in [5.74, 6) is -2.91. The van der Waals surface area contributed by atoms with Gasteiger partial charge in [0.2, 0.25) is 5.91 Å². The lowest BCUT2D eigenvalue weighted by Gasteiger charge is -2.25. The number of aliphatic carboxylic acids is 2. The van der Waals surface area contributed by atoms with Crippen molar-refractivity contribution < 1.29 is 29.4 Å². The summed E-state index contributed by atoms with van der Waals surface area (Å²) in [5, 5.41) is 19.4. The topological polar surface area (TPSA) is 121 Å². The first-order valence-electron chi connectivity index (χ1n) is 5.63. The predicted octanol–water partition coefficient (Wildman–Crippen LogP) is 0.480. The van der Waals surface area contributed by atoms with Crippen molar-refractivity contribution in [1.29, 1.82) is 0 Å². The number of rotatable bonds is 8. The van der Waals surface area contributed by atoms with Crippen LogP contribution in [-0.4, -0.2) is 44.5 Å². The molecule has 0 aromatic heterocycles. The second-order valence-electron chi connectivity index (χ2n) is 4.09. The van der Waals surface area contributed by atoms with Gasteiger partial charge in [0.25, 0.3) is 0 Å². The molecular formula is C11H17NO6S. The quantitative estimate of drug-likeness (QED) is 0.594. The fourth-order valence-corrected chi connectivity index (χ4v) is 1.95. The number of nitrogens with one attached hydrogen (secondary N) is 1. The Morgan fingerprint density at radius 2 is 1.74 bits per heavy atom. The van der Waals surface area contributed by atoms with E-state index in [9.17, 15) is 19.2 Å². The van der Waals surface area contributed by atoms with Gasteiger partial charge in [-0.25, -0.2) is 4.79 Å². The average molecular weight is 291 g/mol.